The minimum Gasteiger partial charge on any atom is -0.454 e. The third-order valence-corrected chi connectivity index (χ3v) is 3.11. The Labute approximate surface area is 127 Å². The van der Waals surface area contributed by atoms with Crippen molar-refractivity contribution in [3.8, 4) is 11.5 Å². The number of nitrogens with zero attached hydrogens (tertiary/aromatic N) is 1. The predicted octanol–water partition coefficient (Wildman–Crippen LogP) is 2.60. The molecular formula is C15H15N3O4. The summed E-state index contributed by atoms with van der Waals surface area (Å²) in [5.74, 6) is 1.96. The predicted molar refractivity (Wildman–Crippen MR) is 80.2 cm³/mol. The Balaban J connectivity index is 1.58. The number of fused-ring (bicyclic) bond motifs is 1. The first-order chi connectivity index (χ1) is 10.7. The number of amides is 1. The molecule has 0 saturated carbocycles. The average molecular weight is 301 g/mol. The van der Waals surface area contributed by atoms with Crippen LogP contribution in [0.2, 0.25) is 0 Å². The molecule has 2 heterocycles. The summed E-state index contributed by atoms with van der Waals surface area (Å²) in [6.07, 6.45) is 1.09. The van der Waals surface area contributed by atoms with E-state index in [1.165, 1.54) is 7.11 Å². The number of aromatic nitrogens is 1. The smallest absolute Gasteiger partial charge is 0.412 e. The van der Waals surface area contributed by atoms with Gasteiger partial charge in [-0.15, -0.1) is 0 Å². The number of ether oxygens (including phenoxy) is 3. The summed E-state index contributed by atoms with van der Waals surface area (Å²) >= 11 is 0. The van der Waals surface area contributed by atoms with Gasteiger partial charge in [-0.25, -0.2) is 9.78 Å². The van der Waals surface area contributed by atoms with Crippen molar-refractivity contribution in [1.29, 1.82) is 0 Å². The van der Waals surface area contributed by atoms with Crippen molar-refractivity contribution < 1.29 is 19.0 Å². The molecule has 0 spiro atoms. The average Bonchev–Trinajstić information content (AvgIpc) is 3.01. The Bertz CT molecular complexity index is 673. The lowest BCUT2D eigenvalue weighted by atomic mass is 10.2. The number of rotatable bonds is 4. The van der Waals surface area contributed by atoms with E-state index in [9.17, 15) is 4.79 Å². The number of carbonyl (C=O) groups is 1. The number of anilines is 2. The van der Waals surface area contributed by atoms with Crippen LogP contribution in [0.5, 0.6) is 11.5 Å². The largest absolute Gasteiger partial charge is 0.454 e. The lowest BCUT2D eigenvalue weighted by molar-refractivity contribution is 0.174. The SMILES string of the molecule is COC(=O)Nc1ccc(NCc2ccc3c(c2)OCO3)cn1. The van der Waals surface area contributed by atoms with Gasteiger partial charge >= 0.3 is 6.09 Å². The second-order valence-corrected chi connectivity index (χ2v) is 4.59. The Kier molecular flexibility index (Phi) is 3.95. The van der Waals surface area contributed by atoms with Crippen LogP contribution in [-0.4, -0.2) is 25.0 Å². The van der Waals surface area contributed by atoms with Gasteiger partial charge in [-0.05, 0) is 29.8 Å². The maximum absolute atomic E-state index is 11.1. The highest BCUT2D eigenvalue weighted by molar-refractivity contribution is 5.83. The molecule has 0 atom stereocenters. The van der Waals surface area contributed by atoms with Crippen molar-refractivity contribution in [1.82, 2.24) is 4.98 Å². The molecule has 7 nitrogen and oxygen atoms in total. The minimum atomic E-state index is -0.548. The van der Waals surface area contributed by atoms with Gasteiger partial charge in [0.25, 0.3) is 0 Å². The van der Waals surface area contributed by atoms with Crippen LogP contribution in [-0.2, 0) is 11.3 Å². The molecular weight excluding hydrogens is 286 g/mol. The molecule has 0 unspecified atom stereocenters. The Morgan fingerprint density at radius 3 is 2.91 bits per heavy atom. The van der Waals surface area contributed by atoms with E-state index in [0.717, 1.165) is 22.7 Å². The molecule has 1 aliphatic heterocycles. The van der Waals surface area contributed by atoms with Crippen molar-refractivity contribution in [2.45, 2.75) is 6.54 Å². The van der Waals surface area contributed by atoms with Crippen LogP contribution in [0.25, 0.3) is 0 Å². The standard InChI is InChI=1S/C15H15N3O4/c1-20-15(19)18-14-5-3-11(8-17-14)16-7-10-2-4-12-13(6-10)22-9-21-12/h2-6,8,16H,7,9H2,1H3,(H,17,18,19). The molecule has 0 bridgehead atoms. The third kappa shape index (κ3) is 3.20. The third-order valence-electron chi connectivity index (χ3n) is 3.11. The van der Waals surface area contributed by atoms with Gasteiger partial charge in [0.15, 0.2) is 11.5 Å². The summed E-state index contributed by atoms with van der Waals surface area (Å²) in [5.41, 5.74) is 1.91. The lowest BCUT2D eigenvalue weighted by Gasteiger charge is -2.08. The number of methoxy groups -OCH3 is 1. The molecule has 1 aromatic carbocycles. The number of nitrogens with one attached hydrogen (secondary N) is 2. The zero-order chi connectivity index (χ0) is 15.4. The monoisotopic (exact) mass is 301 g/mol. The topological polar surface area (TPSA) is 81.7 Å². The van der Waals surface area contributed by atoms with Crippen LogP contribution in [0.4, 0.5) is 16.3 Å². The fourth-order valence-electron chi connectivity index (χ4n) is 1.98. The van der Waals surface area contributed by atoms with E-state index in [-0.39, 0.29) is 6.79 Å². The zero-order valence-electron chi connectivity index (χ0n) is 12.0. The number of carbonyl (C=O) groups excluding carboxylic acids is 1. The number of hydrogen-bond acceptors (Lipinski definition) is 6. The maximum Gasteiger partial charge on any atom is 0.412 e. The van der Waals surface area contributed by atoms with Gasteiger partial charge < -0.3 is 19.5 Å². The molecule has 0 fully saturated rings. The summed E-state index contributed by atoms with van der Waals surface area (Å²) in [4.78, 5) is 15.2. The molecule has 2 N–H and O–H groups in total. The molecule has 0 aliphatic carbocycles. The summed E-state index contributed by atoms with van der Waals surface area (Å²) in [7, 11) is 1.30. The highest BCUT2D eigenvalue weighted by Crippen LogP contribution is 2.32. The van der Waals surface area contributed by atoms with Gasteiger partial charge in [-0.1, -0.05) is 6.07 Å². The quantitative estimate of drug-likeness (QED) is 0.903. The summed E-state index contributed by atoms with van der Waals surface area (Å²) in [6.45, 7) is 0.896. The van der Waals surface area contributed by atoms with Gasteiger partial charge in [-0.2, -0.15) is 0 Å². The summed E-state index contributed by atoms with van der Waals surface area (Å²) in [6, 6.07) is 9.32. The molecule has 22 heavy (non-hydrogen) atoms. The van der Waals surface area contributed by atoms with Crippen LogP contribution in [0.3, 0.4) is 0 Å². The summed E-state index contributed by atoms with van der Waals surface area (Å²) in [5, 5.41) is 5.73. The van der Waals surface area contributed by atoms with E-state index in [1.54, 1.807) is 12.3 Å². The second kappa shape index (κ2) is 6.21. The van der Waals surface area contributed by atoms with Crippen LogP contribution in [0, 0.1) is 0 Å². The van der Waals surface area contributed by atoms with E-state index in [4.69, 9.17) is 9.47 Å². The molecule has 114 valence electrons. The molecule has 7 heteroatoms. The van der Waals surface area contributed by atoms with Gasteiger partial charge in [0.1, 0.15) is 5.82 Å². The van der Waals surface area contributed by atoms with Crippen LogP contribution in [0.15, 0.2) is 36.5 Å². The van der Waals surface area contributed by atoms with Gasteiger partial charge in [-0.3, -0.25) is 5.32 Å². The first-order valence-electron chi connectivity index (χ1n) is 6.68. The first-order valence-corrected chi connectivity index (χ1v) is 6.68. The van der Waals surface area contributed by atoms with Gasteiger partial charge in [0.2, 0.25) is 6.79 Å². The van der Waals surface area contributed by atoms with Crippen molar-refractivity contribution in [3.05, 3.63) is 42.1 Å². The van der Waals surface area contributed by atoms with Gasteiger partial charge in [0, 0.05) is 6.54 Å². The molecule has 0 radical (unpaired) electrons. The molecule has 0 saturated heterocycles. The highest BCUT2D eigenvalue weighted by Gasteiger charge is 2.12. The minimum absolute atomic E-state index is 0.269. The summed E-state index contributed by atoms with van der Waals surface area (Å²) < 4.78 is 15.1. The second-order valence-electron chi connectivity index (χ2n) is 4.59. The number of benzene rings is 1. The Morgan fingerprint density at radius 1 is 1.27 bits per heavy atom. The van der Waals surface area contributed by atoms with E-state index in [2.05, 4.69) is 20.4 Å². The van der Waals surface area contributed by atoms with Gasteiger partial charge in [0.05, 0.1) is 19.0 Å². The zero-order valence-corrected chi connectivity index (χ0v) is 12.0. The van der Waals surface area contributed by atoms with Crippen molar-refractivity contribution in [2.75, 3.05) is 24.5 Å². The number of hydrogen-bond donors (Lipinski definition) is 2. The van der Waals surface area contributed by atoms with E-state index in [1.807, 2.05) is 24.3 Å². The Hall–Kier alpha value is -2.96. The lowest BCUT2D eigenvalue weighted by Crippen LogP contribution is -2.12. The Morgan fingerprint density at radius 2 is 2.14 bits per heavy atom. The molecule has 1 aliphatic rings. The molecule has 3 rings (SSSR count). The van der Waals surface area contributed by atoms with Crippen LogP contribution < -0.4 is 20.1 Å². The molecule has 1 aromatic heterocycles. The number of pyridine rings is 1. The van der Waals surface area contributed by atoms with Crippen LogP contribution >= 0.6 is 0 Å². The van der Waals surface area contributed by atoms with E-state index >= 15 is 0 Å². The van der Waals surface area contributed by atoms with Crippen LogP contribution in [0.1, 0.15) is 5.56 Å². The van der Waals surface area contributed by atoms with E-state index < -0.39 is 6.09 Å². The molecule has 2 aromatic rings. The maximum atomic E-state index is 11.1. The fraction of sp³-hybridized carbons (Fsp3) is 0.200. The van der Waals surface area contributed by atoms with Crippen molar-refractivity contribution in [3.63, 3.8) is 0 Å². The van der Waals surface area contributed by atoms with Crippen molar-refractivity contribution >= 4 is 17.6 Å². The highest BCUT2D eigenvalue weighted by atomic mass is 16.7. The fourth-order valence-corrected chi connectivity index (χ4v) is 1.98. The molecule has 1 amide bonds. The van der Waals surface area contributed by atoms with E-state index in [0.29, 0.717) is 12.4 Å². The first kappa shape index (κ1) is 14.0. The van der Waals surface area contributed by atoms with Crippen molar-refractivity contribution in [2.24, 2.45) is 0 Å². The normalized spacial score (nSPS) is 11.9.